The molecule has 1 fully saturated rings. The lowest BCUT2D eigenvalue weighted by molar-refractivity contribution is -0.120. The topological polar surface area (TPSA) is 88.6 Å². The van der Waals surface area contributed by atoms with Gasteiger partial charge in [0, 0.05) is 35.6 Å². The Morgan fingerprint density at radius 3 is 2.54 bits per heavy atom. The van der Waals surface area contributed by atoms with E-state index in [4.69, 9.17) is 4.74 Å². The quantitative estimate of drug-likeness (QED) is 0.464. The fraction of sp³-hybridized carbons (Fsp3) is 0.385. The zero-order chi connectivity index (χ0) is 25.2. The van der Waals surface area contributed by atoms with Crippen molar-refractivity contribution in [3.8, 4) is 17.0 Å². The number of rotatable bonds is 7. The number of ether oxygens (including phenoxy) is 1. The minimum absolute atomic E-state index is 0.0898. The number of nitrogens with one attached hydrogen (secondary N) is 1. The molecule has 2 heterocycles. The van der Waals surface area contributed by atoms with Crippen LogP contribution in [0.3, 0.4) is 0 Å². The predicted octanol–water partition coefficient (Wildman–Crippen LogP) is 5.29. The first-order chi connectivity index (χ1) is 16.7. The van der Waals surface area contributed by atoms with Crippen LogP contribution in [0.25, 0.3) is 11.3 Å². The van der Waals surface area contributed by atoms with E-state index in [0.29, 0.717) is 24.3 Å². The molecule has 0 bridgehead atoms. The van der Waals surface area contributed by atoms with Gasteiger partial charge in [0.25, 0.3) is 0 Å². The third-order valence-electron chi connectivity index (χ3n) is 6.34. The average molecular weight is 514 g/mol. The molecule has 186 valence electrons. The third kappa shape index (κ3) is 5.58. The van der Waals surface area contributed by atoms with Crippen LogP contribution in [-0.2, 0) is 14.8 Å². The second-order valence-electron chi connectivity index (χ2n) is 9.07. The van der Waals surface area contributed by atoms with Crippen molar-refractivity contribution >= 4 is 33.0 Å². The third-order valence-corrected chi connectivity index (χ3v) is 9.04. The Hall–Kier alpha value is -2.75. The summed E-state index contributed by atoms with van der Waals surface area (Å²) >= 11 is 1.59. The van der Waals surface area contributed by atoms with E-state index in [1.807, 2.05) is 56.5 Å². The number of aryl methyl sites for hydroxylation is 1. The van der Waals surface area contributed by atoms with Crippen LogP contribution in [0.2, 0.25) is 0 Å². The van der Waals surface area contributed by atoms with E-state index in [1.165, 1.54) is 11.4 Å². The molecule has 9 heteroatoms. The van der Waals surface area contributed by atoms with Gasteiger partial charge in [-0.1, -0.05) is 32.0 Å². The number of hydrogen-bond acceptors (Lipinski definition) is 6. The van der Waals surface area contributed by atoms with Gasteiger partial charge < -0.3 is 10.1 Å². The van der Waals surface area contributed by atoms with Crippen molar-refractivity contribution in [1.29, 1.82) is 0 Å². The van der Waals surface area contributed by atoms with Crippen LogP contribution in [0.4, 0.5) is 5.69 Å². The number of sulfonamides is 1. The van der Waals surface area contributed by atoms with Crippen LogP contribution in [0.15, 0.2) is 52.7 Å². The highest BCUT2D eigenvalue weighted by Gasteiger charge is 2.34. The Kier molecular flexibility index (Phi) is 7.59. The van der Waals surface area contributed by atoms with Gasteiger partial charge in [0.05, 0.1) is 17.8 Å². The Morgan fingerprint density at radius 2 is 1.91 bits per heavy atom. The van der Waals surface area contributed by atoms with Crippen molar-refractivity contribution in [3.05, 3.63) is 58.4 Å². The van der Waals surface area contributed by atoms with Crippen molar-refractivity contribution < 1.29 is 17.9 Å². The second-order valence-corrected chi connectivity index (χ2v) is 12.0. The SMILES string of the molecule is COc1ccc(C(C)C)cc1S(=O)(=O)N1CCC(C(=O)Nc2cccc(-c3csc(C)n3)c2)CC1. The fourth-order valence-corrected chi connectivity index (χ4v) is 6.53. The molecule has 0 aliphatic carbocycles. The van der Waals surface area contributed by atoms with Gasteiger partial charge in [0.15, 0.2) is 0 Å². The summed E-state index contributed by atoms with van der Waals surface area (Å²) in [7, 11) is -2.26. The number of amides is 1. The molecule has 7 nitrogen and oxygen atoms in total. The summed E-state index contributed by atoms with van der Waals surface area (Å²) in [5.41, 5.74) is 3.49. The lowest BCUT2D eigenvalue weighted by Crippen LogP contribution is -2.41. The van der Waals surface area contributed by atoms with Gasteiger partial charge in [0.1, 0.15) is 10.6 Å². The van der Waals surface area contributed by atoms with Gasteiger partial charge >= 0.3 is 0 Å². The molecule has 35 heavy (non-hydrogen) atoms. The smallest absolute Gasteiger partial charge is 0.246 e. The Labute approximate surface area is 211 Å². The zero-order valence-electron chi connectivity index (χ0n) is 20.4. The molecule has 2 aromatic carbocycles. The van der Waals surface area contributed by atoms with Crippen LogP contribution in [0.5, 0.6) is 5.75 Å². The number of nitrogens with zero attached hydrogens (tertiary/aromatic N) is 2. The van der Waals surface area contributed by atoms with Crippen LogP contribution < -0.4 is 10.1 Å². The summed E-state index contributed by atoms with van der Waals surface area (Å²) in [4.78, 5) is 17.6. The minimum atomic E-state index is -3.73. The van der Waals surface area contributed by atoms with Crippen molar-refractivity contribution in [2.24, 2.45) is 5.92 Å². The first-order valence-corrected chi connectivity index (χ1v) is 14.0. The molecule has 1 N–H and O–H groups in total. The maximum atomic E-state index is 13.4. The summed E-state index contributed by atoms with van der Waals surface area (Å²) in [5.74, 6) is 0.190. The molecule has 4 rings (SSSR count). The number of thiazole rings is 1. The first kappa shape index (κ1) is 25.3. The maximum absolute atomic E-state index is 13.4. The number of benzene rings is 2. The number of methoxy groups -OCH3 is 1. The molecular weight excluding hydrogens is 482 g/mol. The standard InChI is InChI=1S/C26H31N3O4S2/c1-17(2)20-8-9-24(33-4)25(15-20)35(31,32)29-12-10-19(11-13-29)26(30)28-22-7-5-6-21(14-22)23-16-34-18(3)27-23/h5-9,14-17,19H,10-13H2,1-4H3,(H,28,30). The molecule has 0 spiro atoms. The normalized spacial score (nSPS) is 15.3. The lowest BCUT2D eigenvalue weighted by Gasteiger charge is -2.31. The summed E-state index contributed by atoms with van der Waals surface area (Å²) in [5, 5.41) is 5.99. The first-order valence-electron chi connectivity index (χ1n) is 11.7. The van der Waals surface area contributed by atoms with Crippen LogP contribution >= 0.6 is 11.3 Å². The van der Waals surface area contributed by atoms with E-state index in [2.05, 4.69) is 10.3 Å². The summed E-state index contributed by atoms with van der Waals surface area (Å²) in [6, 6.07) is 12.9. The molecule has 0 unspecified atom stereocenters. The largest absolute Gasteiger partial charge is 0.495 e. The Morgan fingerprint density at radius 1 is 1.17 bits per heavy atom. The molecule has 1 aliphatic rings. The molecule has 1 aliphatic heterocycles. The summed E-state index contributed by atoms with van der Waals surface area (Å²) in [6.45, 7) is 6.58. The predicted molar refractivity (Wildman–Crippen MR) is 139 cm³/mol. The van der Waals surface area contributed by atoms with Gasteiger partial charge in [-0.25, -0.2) is 13.4 Å². The molecule has 0 atom stereocenters. The highest BCUT2D eigenvalue weighted by molar-refractivity contribution is 7.89. The fourth-order valence-electron chi connectivity index (χ4n) is 4.25. The van der Waals surface area contributed by atoms with Gasteiger partial charge in [-0.05, 0) is 55.5 Å². The number of piperidine rings is 1. The van der Waals surface area contributed by atoms with Crippen molar-refractivity contribution in [3.63, 3.8) is 0 Å². The second kappa shape index (κ2) is 10.5. The summed E-state index contributed by atoms with van der Waals surface area (Å²) in [6.07, 6.45) is 0.921. The van der Waals surface area contributed by atoms with Crippen LogP contribution in [-0.4, -0.2) is 43.8 Å². The average Bonchev–Trinajstić information content (AvgIpc) is 3.30. The minimum Gasteiger partial charge on any atom is -0.495 e. The monoisotopic (exact) mass is 513 g/mol. The van der Waals surface area contributed by atoms with Crippen LogP contribution in [0, 0.1) is 12.8 Å². The van der Waals surface area contributed by atoms with Gasteiger partial charge in [-0.2, -0.15) is 4.31 Å². The number of anilines is 1. The molecule has 3 aromatic rings. The highest BCUT2D eigenvalue weighted by Crippen LogP contribution is 2.33. The lowest BCUT2D eigenvalue weighted by atomic mass is 9.97. The number of carbonyl (C=O) groups excluding carboxylic acids is 1. The molecule has 1 saturated heterocycles. The van der Waals surface area contributed by atoms with Gasteiger partial charge in [-0.15, -0.1) is 11.3 Å². The van der Waals surface area contributed by atoms with E-state index in [9.17, 15) is 13.2 Å². The number of aromatic nitrogens is 1. The highest BCUT2D eigenvalue weighted by atomic mass is 32.2. The molecule has 1 amide bonds. The van der Waals surface area contributed by atoms with Crippen molar-refractivity contribution in [2.75, 3.05) is 25.5 Å². The molecule has 0 saturated carbocycles. The molecular formula is C26H31N3O4S2. The van der Waals surface area contributed by atoms with E-state index < -0.39 is 10.0 Å². The van der Waals surface area contributed by atoms with E-state index in [-0.39, 0.29) is 35.7 Å². The summed E-state index contributed by atoms with van der Waals surface area (Å²) < 4.78 is 33.7. The van der Waals surface area contributed by atoms with E-state index in [0.717, 1.165) is 21.8 Å². The molecule has 1 aromatic heterocycles. The number of carbonyl (C=O) groups is 1. The van der Waals surface area contributed by atoms with Gasteiger partial charge in [0.2, 0.25) is 15.9 Å². The number of hydrogen-bond donors (Lipinski definition) is 1. The Balaban J connectivity index is 1.43. The maximum Gasteiger partial charge on any atom is 0.246 e. The van der Waals surface area contributed by atoms with Crippen molar-refractivity contribution in [1.82, 2.24) is 9.29 Å². The molecule has 0 radical (unpaired) electrons. The zero-order valence-corrected chi connectivity index (χ0v) is 22.1. The van der Waals surface area contributed by atoms with Crippen LogP contribution in [0.1, 0.15) is 43.2 Å². The Bertz CT molecular complexity index is 1310. The van der Waals surface area contributed by atoms with Crippen molar-refractivity contribution in [2.45, 2.75) is 44.4 Å². The van der Waals surface area contributed by atoms with E-state index in [1.54, 1.807) is 23.5 Å². The van der Waals surface area contributed by atoms with E-state index >= 15 is 0 Å². The van der Waals surface area contributed by atoms with Gasteiger partial charge in [-0.3, -0.25) is 4.79 Å².